The summed E-state index contributed by atoms with van der Waals surface area (Å²) in [5, 5.41) is 15.9. The van der Waals surface area contributed by atoms with Crippen molar-refractivity contribution in [2.45, 2.75) is 51.5 Å². The van der Waals surface area contributed by atoms with E-state index in [1.54, 1.807) is 12.1 Å². The van der Waals surface area contributed by atoms with E-state index >= 15 is 0 Å². The van der Waals surface area contributed by atoms with Gasteiger partial charge in [-0.15, -0.1) is 0 Å². The number of benzene rings is 1. The van der Waals surface area contributed by atoms with Crippen molar-refractivity contribution in [1.82, 2.24) is 14.8 Å². The van der Waals surface area contributed by atoms with Gasteiger partial charge < -0.3 is 5.32 Å². The number of aromatic nitrogens is 3. The molecule has 7 nitrogen and oxygen atoms in total. The number of aromatic amines is 1. The molecule has 0 spiro atoms. The molecule has 2 N–H and O–H groups in total. The Bertz CT molecular complexity index is 1290. The first kappa shape index (κ1) is 23.8. The number of carbonyl (C=O) groups is 1. The van der Waals surface area contributed by atoms with Gasteiger partial charge in [0.2, 0.25) is 5.91 Å². The fourth-order valence-corrected chi connectivity index (χ4v) is 5.12. The van der Waals surface area contributed by atoms with Crippen LogP contribution >= 0.6 is 11.8 Å². The minimum Gasteiger partial charge on any atom is -0.310 e. The number of para-hydroxylation sites is 1. The summed E-state index contributed by atoms with van der Waals surface area (Å²) in [6.07, 6.45) is 4.04. The molecule has 34 heavy (non-hydrogen) atoms. The maximum absolute atomic E-state index is 12.5. The number of H-pyrrole nitrogens is 1. The Kier molecular flexibility index (Phi) is 6.94. The molecule has 2 heterocycles. The molecular weight excluding hydrogens is 446 g/mol. The van der Waals surface area contributed by atoms with E-state index in [-0.39, 0.29) is 22.6 Å². The fourth-order valence-electron chi connectivity index (χ4n) is 4.34. The van der Waals surface area contributed by atoms with Crippen molar-refractivity contribution in [3.05, 3.63) is 69.6 Å². The first-order chi connectivity index (χ1) is 16.3. The molecule has 2 aromatic heterocycles. The number of rotatable bonds is 7. The maximum Gasteiger partial charge on any atom is 0.273 e. The third-order valence-electron chi connectivity index (χ3n) is 6.84. The second-order valence-corrected chi connectivity index (χ2v) is 10.3. The number of carbonyl (C=O) groups excluding carboxylic acids is 1. The number of amides is 1. The normalized spacial score (nSPS) is 15.4. The Balaban J connectivity index is 1.43. The summed E-state index contributed by atoms with van der Waals surface area (Å²) in [4.78, 5) is 29.6. The highest BCUT2D eigenvalue weighted by atomic mass is 32.2. The van der Waals surface area contributed by atoms with Crippen molar-refractivity contribution in [3.63, 3.8) is 0 Å². The summed E-state index contributed by atoms with van der Waals surface area (Å²) in [7, 11) is 0. The van der Waals surface area contributed by atoms with Crippen LogP contribution in [0, 0.1) is 22.7 Å². The van der Waals surface area contributed by atoms with Crippen molar-refractivity contribution in [3.8, 4) is 11.8 Å². The van der Waals surface area contributed by atoms with Crippen LogP contribution in [0.15, 0.2) is 52.3 Å². The van der Waals surface area contributed by atoms with Crippen molar-refractivity contribution < 1.29 is 4.79 Å². The van der Waals surface area contributed by atoms with Crippen LogP contribution in [-0.4, -0.2) is 26.4 Å². The largest absolute Gasteiger partial charge is 0.310 e. The van der Waals surface area contributed by atoms with Gasteiger partial charge in [0, 0.05) is 11.8 Å². The highest BCUT2D eigenvalue weighted by Gasteiger charge is 2.32. The zero-order chi connectivity index (χ0) is 24.3. The molecule has 0 aliphatic heterocycles. The number of fused-ring (bicyclic) bond motifs is 1. The third-order valence-corrected chi connectivity index (χ3v) is 7.83. The quantitative estimate of drug-likeness (QED) is 0.482. The van der Waals surface area contributed by atoms with Gasteiger partial charge in [0.1, 0.15) is 16.9 Å². The Labute approximate surface area is 203 Å². The van der Waals surface area contributed by atoms with Gasteiger partial charge in [-0.2, -0.15) is 5.26 Å². The van der Waals surface area contributed by atoms with Gasteiger partial charge in [0.05, 0.1) is 17.0 Å². The van der Waals surface area contributed by atoms with Crippen LogP contribution in [0.3, 0.4) is 0 Å². The van der Waals surface area contributed by atoms with Crippen molar-refractivity contribution >= 4 is 23.5 Å². The SMILES string of the molecule is CCC(C)(C)C1CCc2nc(SCC(=O)Nc3cc(=O)n(-c4ccccc4)[nH]3)c(C#N)cc2C1. The lowest BCUT2D eigenvalue weighted by Crippen LogP contribution is -2.29. The summed E-state index contributed by atoms with van der Waals surface area (Å²) in [5.41, 5.74) is 3.38. The Hall–Kier alpha value is -3.31. The number of nitrogens with one attached hydrogen (secondary N) is 2. The first-order valence-corrected chi connectivity index (χ1v) is 12.5. The molecule has 1 aromatic carbocycles. The smallest absolute Gasteiger partial charge is 0.273 e. The number of nitrogens with zero attached hydrogens (tertiary/aromatic N) is 3. The molecular formula is C26H29N5O2S. The third kappa shape index (κ3) is 5.10. The number of nitriles is 1. The molecule has 0 fully saturated rings. The lowest BCUT2D eigenvalue weighted by molar-refractivity contribution is -0.113. The van der Waals surface area contributed by atoms with E-state index in [0.29, 0.717) is 28.0 Å². The summed E-state index contributed by atoms with van der Waals surface area (Å²) >= 11 is 1.25. The topological polar surface area (TPSA) is 104 Å². The maximum atomic E-state index is 12.5. The molecule has 0 radical (unpaired) electrons. The van der Waals surface area contributed by atoms with Crippen LogP contribution in [0.4, 0.5) is 5.82 Å². The van der Waals surface area contributed by atoms with Crippen LogP contribution in [0.1, 0.15) is 50.4 Å². The molecule has 4 rings (SSSR count). The van der Waals surface area contributed by atoms with Gasteiger partial charge >= 0.3 is 0 Å². The zero-order valence-corrected chi connectivity index (χ0v) is 20.5. The lowest BCUT2D eigenvalue weighted by atomic mass is 9.69. The van der Waals surface area contributed by atoms with E-state index in [1.807, 2.05) is 24.3 Å². The molecule has 8 heteroatoms. The molecule has 1 aliphatic carbocycles. The van der Waals surface area contributed by atoms with E-state index in [1.165, 1.54) is 22.5 Å². The highest BCUT2D eigenvalue weighted by molar-refractivity contribution is 8.00. The van der Waals surface area contributed by atoms with Gasteiger partial charge in [-0.25, -0.2) is 9.67 Å². The molecule has 3 aromatic rings. The molecule has 0 bridgehead atoms. The second-order valence-electron chi connectivity index (χ2n) is 9.36. The van der Waals surface area contributed by atoms with Crippen molar-refractivity contribution in [2.75, 3.05) is 11.1 Å². The predicted molar refractivity (Wildman–Crippen MR) is 134 cm³/mol. The number of aryl methyl sites for hydroxylation is 1. The van der Waals surface area contributed by atoms with Crippen LogP contribution in [0.5, 0.6) is 0 Å². The number of hydrogen-bond donors (Lipinski definition) is 2. The minimum absolute atomic E-state index is 0.0878. The fraction of sp³-hybridized carbons (Fsp3) is 0.385. The highest BCUT2D eigenvalue weighted by Crippen LogP contribution is 2.40. The van der Waals surface area contributed by atoms with Gasteiger partial charge in [0.25, 0.3) is 5.56 Å². The van der Waals surface area contributed by atoms with Crippen LogP contribution in [-0.2, 0) is 17.6 Å². The average Bonchev–Trinajstić information content (AvgIpc) is 3.21. The number of hydrogen-bond acceptors (Lipinski definition) is 5. The monoisotopic (exact) mass is 475 g/mol. The van der Waals surface area contributed by atoms with E-state index in [9.17, 15) is 14.9 Å². The molecule has 1 aliphatic rings. The number of pyridine rings is 1. The van der Waals surface area contributed by atoms with Gasteiger partial charge in [-0.1, -0.05) is 57.2 Å². The Morgan fingerprint density at radius 2 is 2.09 bits per heavy atom. The molecule has 0 saturated carbocycles. The van der Waals surface area contributed by atoms with Crippen LogP contribution < -0.4 is 10.9 Å². The molecule has 176 valence electrons. The lowest BCUT2D eigenvalue weighted by Gasteiger charge is -2.37. The summed E-state index contributed by atoms with van der Waals surface area (Å²) < 4.78 is 1.37. The Morgan fingerprint density at radius 3 is 2.79 bits per heavy atom. The standard InChI is InChI=1S/C26H29N5O2S/c1-4-26(2,3)19-10-11-21-17(13-19)12-18(15-27)25(28-21)34-16-23(32)29-22-14-24(33)31(30-22)20-8-6-5-7-9-20/h5-9,12,14,19,30H,4,10-11,13,16H2,1-3H3,(H,29,32). The molecule has 1 unspecified atom stereocenters. The van der Waals surface area contributed by atoms with Crippen molar-refractivity contribution in [2.24, 2.45) is 11.3 Å². The van der Waals surface area contributed by atoms with E-state index in [4.69, 9.17) is 4.98 Å². The molecule has 1 atom stereocenters. The van der Waals surface area contributed by atoms with Crippen LogP contribution in [0.25, 0.3) is 5.69 Å². The first-order valence-electron chi connectivity index (χ1n) is 11.5. The summed E-state index contributed by atoms with van der Waals surface area (Å²) in [6, 6.07) is 14.7. The van der Waals surface area contributed by atoms with Crippen molar-refractivity contribution in [1.29, 1.82) is 5.26 Å². The molecule has 0 saturated heterocycles. The van der Waals surface area contributed by atoms with E-state index in [0.717, 1.165) is 36.9 Å². The second kappa shape index (κ2) is 9.90. The average molecular weight is 476 g/mol. The Morgan fingerprint density at radius 1 is 1.32 bits per heavy atom. The van der Waals surface area contributed by atoms with E-state index < -0.39 is 0 Å². The molecule has 1 amide bonds. The van der Waals surface area contributed by atoms with Gasteiger partial charge in [-0.05, 0) is 54.4 Å². The van der Waals surface area contributed by atoms with Crippen LogP contribution in [0.2, 0.25) is 0 Å². The number of thioether (sulfide) groups is 1. The van der Waals surface area contributed by atoms with Gasteiger partial charge in [0.15, 0.2) is 0 Å². The summed E-state index contributed by atoms with van der Waals surface area (Å²) in [6.45, 7) is 6.85. The minimum atomic E-state index is -0.278. The zero-order valence-electron chi connectivity index (χ0n) is 19.7. The number of anilines is 1. The van der Waals surface area contributed by atoms with Gasteiger partial charge in [-0.3, -0.25) is 14.7 Å². The summed E-state index contributed by atoms with van der Waals surface area (Å²) in [5.74, 6) is 0.709. The van der Waals surface area contributed by atoms with E-state index in [2.05, 4.69) is 37.3 Å². The predicted octanol–water partition coefficient (Wildman–Crippen LogP) is 4.70.